The van der Waals surface area contributed by atoms with E-state index in [1.807, 2.05) is 6.92 Å². The highest BCUT2D eigenvalue weighted by Crippen LogP contribution is 2.10. The minimum absolute atomic E-state index is 0.320. The number of rotatable bonds is 7. The second-order valence-corrected chi connectivity index (χ2v) is 3.71. The Labute approximate surface area is 81.2 Å². The van der Waals surface area contributed by atoms with Crippen LogP contribution >= 0.6 is 0 Å². The molecule has 0 aromatic heterocycles. The third-order valence-corrected chi connectivity index (χ3v) is 2.26. The smallest absolute Gasteiger partial charge is 0.133 e. The van der Waals surface area contributed by atoms with Gasteiger partial charge in [-0.25, -0.2) is 0 Å². The largest absolute Gasteiger partial charge is 0.330 e. The number of nitrogens with two attached hydrogens (primary N) is 1. The number of hydrogen-bond donors (Lipinski definition) is 1. The average molecular weight is 183 g/mol. The molecule has 0 fully saturated rings. The molecule has 13 heavy (non-hydrogen) atoms. The third kappa shape index (κ3) is 6.52. The zero-order chi connectivity index (χ0) is 10.3. The maximum Gasteiger partial charge on any atom is 0.133 e. The van der Waals surface area contributed by atoms with E-state index in [9.17, 15) is 4.79 Å². The molecule has 0 aromatic rings. The minimum Gasteiger partial charge on any atom is -0.330 e. The van der Waals surface area contributed by atoms with Crippen molar-refractivity contribution < 1.29 is 4.79 Å². The molecule has 0 saturated carbocycles. The van der Waals surface area contributed by atoms with Crippen molar-refractivity contribution in [2.45, 2.75) is 39.5 Å². The molecule has 0 amide bonds. The Kier molecular flexibility index (Phi) is 6.51. The van der Waals surface area contributed by atoms with E-state index < -0.39 is 0 Å². The number of allylic oxidation sites excluding steroid dienone is 1. The predicted octanol–water partition coefficient (Wildman–Crippen LogP) is 2.29. The fraction of sp³-hybridized carbons (Fsp3) is 0.727. The molecule has 0 aliphatic rings. The van der Waals surface area contributed by atoms with Crippen LogP contribution in [-0.4, -0.2) is 12.3 Å². The zero-order valence-corrected chi connectivity index (χ0v) is 8.81. The standard InChI is InChI=1S/C11H21NO/c1-4-10(8-12)7-11(13)6-5-9(2)3/h10H,2,4-8,12H2,1,3H3. The molecular weight excluding hydrogens is 162 g/mol. The molecule has 0 aromatic carbocycles. The molecule has 2 heteroatoms. The first-order valence-electron chi connectivity index (χ1n) is 4.96. The van der Waals surface area contributed by atoms with E-state index in [1.54, 1.807) is 0 Å². The van der Waals surface area contributed by atoms with E-state index in [2.05, 4.69) is 13.5 Å². The lowest BCUT2D eigenvalue weighted by Gasteiger charge is -2.10. The van der Waals surface area contributed by atoms with Gasteiger partial charge in [-0.3, -0.25) is 4.79 Å². The normalized spacial score (nSPS) is 12.5. The predicted molar refractivity (Wildman–Crippen MR) is 56.5 cm³/mol. The number of carbonyl (C=O) groups is 1. The van der Waals surface area contributed by atoms with Crippen molar-refractivity contribution in [3.63, 3.8) is 0 Å². The summed E-state index contributed by atoms with van der Waals surface area (Å²) in [6.07, 6.45) is 3.08. The van der Waals surface area contributed by atoms with Crippen LogP contribution < -0.4 is 5.73 Å². The van der Waals surface area contributed by atoms with Crippen LogP contribution in [0.1, 0.15) is 39.5 Å². The highest BCUT2D eigenvalue weighted by atomic mass is 16.1. The lowest BCUT2D eigenvalue weighted by molar-refractivity contribution is -0.119. The maximum absolute atomic E-state index is 11.4. The lowest BCUT2D eigenvalue weighted by Crippen LogP contribution is -2.17. The summed E-state index contributed by atoms with van der Waals surface area (Å²) in [6.45, 7) is 8.41. The summed E-state index contributed by atoms with van der Waals surface area (Å²) in [4.78, 5) is 11.4. The SMILES string of the molecule is C=C(C)CCC(=O)CC(CC)CN. The molecule has 0 rings (SSSR count). The van der Waals surface area contributed by atoms with Gasteiger partial charge in [-0.1, -0.05) is 18.9 Å². The molecule has 2 nitrogen and oxygen atoms in total. The summed E-state index contributed by atoms with van der Waals surface area (Å²) in [5, 5.41) is 0. The van der Waals surface area contributed by atoms with Crippen LogP contribution in [0.3, 0.4) is 0 Å². The fourth-order valence-corrected chi connectivity index (χ4v) is 1.17. The Morgan fingerprint density at radius 1 is 1.46 bits per heavy atom. The van der Waals surface area contributed by atoms with Crippen LogP contribution in [0.5, 0.6) is 0 Å². The van der Waals surface area contributed by atoms with E-state index in [0.29, 0.717) is 31.1 Å². The van der Waals surface area contributed by atoms with E-state index in [4.69, 9.17) is 5.73 Å². The van der Waals surface area contributed by atoms with Gasteiger partial charge in [-0.05, 0) is 25.8 Å². The fourth-order valence-electron chi connectivity index (χ4n) is 1.17. The van der Waals surface area contributed by atoms with Gasteiger partial charge in [-0.2, -0.15) is 0 Å². The summed E-state index contributed by atoms with van der Waals surface area (Å²) < 4.78 is 0. The van der Waals surface area contributed by atoms with Crippen LogP contribution in [0.4, 0.5) is 0 Å². The van der Waals surface area contributed by atoms with E-state index in [-0.39, 0.29) is 0 Å². The van der Waals surface area contributed by atoms with Gasteiger partial charge in [0.05, 0.1) is 0 Å². The van der Waals surface area contributed by atoms with Crippen molar-refractivity contribution in [3.05, 3.63) is 12.2 Å². The molecule has 2 N–H and O–H groups in total. The Bertz CT molecular complexity index is 171. The Hall–Kier alpha value is -0.630. The number of hydrogen-bond acceptors (Lipinski definition) is 2. The highest BCUT2D eigenvalue weighted by molar-refractivity contribution is 5.78. The molecule has 0 aliphatic carbocycles. The second-order valence-electron chi connectivity index (χ2n) is 3.71. The molecule has 1 atom stereocenters. The van der Waals surface area contributed by atoms with E-state index >= 15 is 0 Å². The molecular formula is C11H21NO. The molecule has 1 unspecified atom stereocenters. The van der Waals surface area contributed by atoms with Crippen molar-refractivity contribution in [1.82, 2.24) is 0 Å². The topological polar surface area (TPSA) is 43.1 Å². The van der Waals surface area contributed by atoms with Gasteiger partial charge in [0.2, 0.25) is 0 Å². The summed E-state index contributed by atoms with van der Waals surface area (Å²) in [5.74, 6) is 0.693. The van der Waals surface area contributed by atoms with Crippen molar-refractivity contribution in [2.24, 2.45) is 11.7 Å². The van der Waals surface area contributed by atoms with Gasteiger partial charge < -0.3 is 5.73 Å². The Balaban J connectivity index is 3.66. The van der Waals surface area contributed by atoms with Gasteiger partial charge in [0, 0.05) is 12.8 Å². The van der Waals surface area contributed by atoms with Gasteiger partial charge in [-0.15, -0.1) is 6.58 Å². The first-order valence-corrected chi connectivity index (χ1v) is 4.96. The van der Waals surface area contributed by atoms with Crippen molar-refractivity contribution in [2.75, 3.05) is 6.54 Å². The van der Waals surface area contributed by atoms with Crippen molar-refractivity contribution >= 4 is 5.78 Å². The third-order valence-electron chi connectivity index (χ3n) is 2.26. The van der Waals surface area contributed by atoms with Gasteiger partial charge in [0.1, 0.15) is 5.78 Å². The number of Topliss-reactive ketones (excluding diaryl/α,β-unsaturated/α-hetero) is 1. The van der Waals surface area contributed by atoms with Crippen LogP contribution in [0.2, 0.25) is 0 Å². The van der Waals surface area contributed by atoms with Crippen LogP contribution in [0, 0.1) is 5.92 Å². The Morgan fingerprint density at radius 2 is 2.08 bits per heavy atom. The Morgan fingerprint density at radius 3 is 2.46 bits per heavy atom. The van der Waals surface area contributed by atoms with Gasteiger partial charge in [0.25, 0.3) is 0 Å². The van der Waals surface area contributed by atoms with E-state index in [1.165, 1.54) is 0 Å². The average Bonchev–Trinajstić information content (AvgIpc) is 2.10. The first kappa shape index (κ1) is 12.4. The van der Waals surface area contributed by atoms with Crippen molar-refractivity contribution in [3.8, 4) is 0 Å². The van der Waals surface area contributed by atoms with E-state index in [0.717, 1.165) is 18.4 Å². The molecule has 0 heterocycles. The van der Waals surface area contributed by atoms with Gasteiger partial charge in [0.15, 0.2) is 0 Å². The summed E-state index contributed by atoms with van der Waals surface area (Å²) >= 11 is 0. The first-order chi connectivity index (χ1) is 6.10. The molecule has 0 aliphatic heterocycles. The zero-order valence-electron chi connectivity index (χ0n) is 8.81. The highest BCUT2D eigenvalue weighted by Gasteiger charge is 2.09. The molecule has 0 radical (unpaired) electrons. The number of ketones is 1. The van der Waals surface area contributed by atoms with Crippen LogP contribution in [-0.2, 0) is 4.79 Å². The number of carbonyl (C=O) groups excluding carboxylic acids is 1. The maximum atomic E-state index is 11.4. The van der Waals surface area contributed by atoms with Crippen LogP contribution in [0.25, 0.3) is 0 Å². The molecule has 0 saturated heterocycles. The monoisotopic (exact) mass is 183 g/mol. The molecule has 76 valence electrons. The molecule has 0 spiro atoms. The van der Waals surface area contributed by atoms with Gasteiger partial charge >= 0.3 is 0 Å². The van der Waals surface area contributed by atoms with Crippen molar-refractivity contribution in [1.29, 1.82) is 0 Å². The minimum atomic E-state index is 0.320. The van der Waals surface area contributed by atoms with Crippen LogP contribution in [0.15, 0.2) is 12.2 Å². The second kappa shape index (κ2) is 6.84. The summed E-state index contributed by atoms with van der Waals surface area (Å²) in [5.41, 5.74) is 6.60. The summed E-state index contributed by atoms with van der Waals surface area (Å²) in [7, 11) is 0. The molecule has 0 bridgehead atoms. The lowest BCUT2D eigenvalue weighted by atomic mass is 9.97. The quantitative estimate of drug-likeness (QED) is 0.615. The summed E-state index contributed by atoms with van der Waals surface area (Å²) in [6, 6.07) is 0.